The first-order valence-corrected chi connectivity index (χ1v) is 20.9. The molecule has 3 aromatic carbocycles. The van der Waals surface area contributed by atoms with Gasteiger partial charge in [-0.2, -0.15) is 0 Å². The topological polar surface area (TPSA) is 221 Å². The SMILES string of the molecule is CC(=O)OC1C(=O)CC(O)C[C@H]2OC[C@@]2(OC(C)=O)[C@@]2(C)CC2(OC(=O)c2ccccc2)C2(O)C[C@H](OC(=O)[C@H](O)C(NC(=O)c3ccccc3)c3ccccc3)C(C)=C1C2(C)C. The van der Waals surface area contributed by atoms with Crippen LogP contribution in [0.25, 0.3) is 0 Å². The Labute approximate surface area is 364 Å². The third kappa shape index (κ3) is 7.64. The molecule has 0 aromatic heterocycles. The van der Waals surface area contributed by atoms with Crippen molar-refractivity contribution < 1.29 is 67.8 Å². The Hall–Kier alpha value is -5.74. The number of ketones is 1. The average molecular weight is 868 g/mol. The van der Waals surface area contributed by atoms with Crippen molar-refractivity contribution in [1.82, 2.24) is 5.32 Å². The molecule has 3 aromatic rings. The molecule has 1 aliphatic heterocycles. The minimum Gasteiger partial charge on any atom is -0.456 e. The van der Waals surface area contributed by atoms with E-state index in [1.54, 1.807) is 99.6 Å². The maximum absolute atomic E-state index is 14.4. The van der Waals surface area contributed by atoms with Crippen LogP contribution in [0.2, 0.25) is 0 Å². The second-order valence-corrected chi connectivity index (χ2v) is 17.8. The standard InChI is InChI=1S/C48H53NO14/c1-27-35(61-43(57)39(54)38(30-16-10-7-11-17-30)49-41(55)31-18-12-8-13-19-31)24-47(58)44(4,5)37(27)40(60-28(2)50)34(53)22-33(52)23-36-46(26-59-36,62-29(3)51)45(6)25-48(45,47)63-42(56)32-20-14-9-15-21-32/h7-21,33,35-36,38-40,52,54,58H,22-26H2,1-6H3,(H,49,55)/t33?,35-,36+,38?,39+,40?,45+,46-,47?,48?/m0/s1. The van der Waals surface area contributed by atoms with Crippen LogP contribution < -0.4 is 5.32 Å². The molecule has 0 spiro atoms. The average Bonchev–Trinajstić information content (AvgIpc) is 3.87. The number of hydrogen-bond donors (Lipinski definition) is 4. The molecule has 4 aliphatic rings. The number of aliphatic hydroxyl groups is 3. The van der Waals surface area contributed by atoms with Crippen molar-refractivity contribution >= 4 is 35.6 Å². The number of nitrogens with one attached hydrogen (secondary N) is 1. The van der Waals surface area contributed by atoms with Crippen molar-refractivity contribution in [3.05, 3.63) is 119 Å². The van der Waals surface area contributed by atoms with E-state index in [2.05, 4.69) is 5.32 Å². The summed E-state index contributed by atoms with van der Waals surface area (Å²) in [4.78, 5) is 82.5. The van der Waals surface area contributed by atoms with Crippen LogP contribution in [0.3, 0.4) is 0 Å². The minimum atomic E-state index is -2.35. The number of hydrogen-bond acceptors (Lipinski definition) is 14. The van der Waals surface area contributed by atoms with E-state index in [1.807, 2.05) is 0 Å². The van der Waals surface area contributed by atoms with E-state index < -0.39 is 113 Å². The molecule has 1 heterocycles. The third-order valence-corrected chi connectivity index (χ3v) is 13.7. The molecule has 334 valence electrons. The van der Waals surface area contributed by atoms with Crippen molar-refractivity contribution in [2.24, 2.45) is 10.8 Å². The van der Waals surface area contributed by atoms with Crippen molar-refractivity contribution in [3.8, 4) is 0 Å². The number of rotatable bonds is 10. The number of esters is 4. The fourth-order valence-corrected chi connectivity index (χ4v) is 10.3. The number of carbonyl (C=O) groups excluding carboxylic acids is 6. The Morgan fingerprint density at radius 1 is 0.825 bits per heavy atom. The van der Waals surface area contributed by atoms with E-state index in [9.17, 15) is 44.1 Å². The number of fused-ring (bicyclic) bond motifs is 6. The first kappa shape index (κ1) is 45.3. The van der Waals surface area contributed by atoms with Gasteiger partial charge in [-0.3, -0.25) is 19.2 Å². The zero-order valence-electron chi connectivity index (χ0n) is 36.0. The molecule has 10 atom stereocenters. The maximum Gasteiger partial charge on any atom is 0.338 e. The Bertz CT molecular complexity index is 2320. The van der Waals surface area contributed by atoms with Gasteiger partial charge in [0.15, 0.2) is 29.2 Å². The summed E-state index contributed by atoms with van der Waals surface area (Å²) >= 11 is 0. The summed E-state index contributed by atoms with van der Waals surface area (Å²) in [5.41, 5.74) is -8.22. The van der Waals surface area contributed by atoms with Gasteiger partial charge >= 0.3 is 23.9 Å². The predicted octanol–water partition coefficient (Wildman–Crippen LogP) is 4.27. The second kappa shape index (κ2) is 16.8. The summed E-state index contributed by atoms with van der Waals surface area (Å²) in [7, 11) is 0. The molecule has 1 saturated heterocycles. The van der Waals surface area contributed by atoms with Crippen LogP contribution in [-0.2, 0) is 42.9 Å². The van der Waals surface area contributed by atoms with Gasteiger partial charge in [0.25, 0.3) is 5.91 Å². The molecular formula is C48H53NO14. The molecule has 15 nitrogen and oxygen atoms in total. The molecule has 7 rings (SSSR count). The first-order valence-electron chi connectivity index (χ1n) is 20.9. The number of amides is 1. The third-order valence-electron chi connectivity index (χ3n) is 13.7. The van der Waals surface area contributed by atoms with Gasteiger partial charge in [-0.15, -0.1) is 0 Å². The Kier molecular flexibility index (Phi) is 12.0. The monoisotopic (exact) mass is 867 g/mol. The van der Waals surface area contributed by atoms with Gasteiger partial charge < -0.3 is 44.3 Å². The van der Waals surface area contributed by atoms with Gasteiger partial charge in [0.2, 0.25) is 0 Å². The molecule has 3 aliphatic carbocycles. The molecule has 4 N–H and O–H groups in total. The highest BCUT2D eigenvalue weighted by atomic mass is 16.6. The summed E-state index contributed by atoms with van der Waals surface area (Å²) in [6.07, 6.45) is -9.19. The van der Waals surface area contributed by atoms with E-state index in [0.29, 0.717) is 5.56 Å². The van der Waals surface area contributed by atoms with Crippen LogP contribution >= 0.6 is 0 Å². The van der Waals surface area contributed by atoms with E-state index in [4.69, 9.17) is 23.7 Å². The van der Waals surface area contributed by atoms with Crippen LogP contribution in [0, 0.1) is 10.8 Å². The molecule has 0 radical (unpaired) electrons. The molecular weight excluding hydrogens is 815 g/mol. The number of Topliss-reactive ketones (excluding diaryl/α,β-unsaturated/α-hetero) is 1. The van der Waals surface area contributed by atoms with Gasteiger partial charge in [0.1, 0.15) is 17.8 Å². The number of aliphatic hydroxyl groups excluding tert-OH is 2. The lowest BCUT2D eigenvalue weighted by atomic mass is 9.54. The Morgan fingerprint density at radius 3 is 1.97 bits per heavy atom. The lowest BCUT2D eigenvalue weighted by molar-refractivity contribution is -0.302. The summed E-state index contributed by atoms with van der Waals surface area (Å²) < 4.78 is 30.6. The molecule has 15 heteroatoms. The van der Waals surface area contributed by atoms with Crippen LogP contribution in [0.4, 0.5) is 0 Å². The van der Waals surface area contributed by atoms with E-state index in [1.165, 1.54) is 26.0 Å². The summed E-state index contributed by atoms with van der Waals surface area (Å²) in [6.45, 7) is 8.45. The highest BCUT2D eigenvalue weighted by Crippen LogP contribution is 2.77. The number of ether oxygens (including phenoxy) is 5. The maximum atomic E-state index is 14.4. The quantitative estimate of drug-likeness (QED) is 0.127. The highest BCUT2D eigenvalue weighted by Gasteiger charge is 2.90. The number of carbonyl (C=O) groups is 6. The van der Waals surface area contributed by atoms with Crippen molar-refractivity contribution in [2.75, 3.05) is 6.61 Å². The van der Waals surface area contributed by atoms with Gasteiger partial charge in [0, 0.05) is 50.5 Å². The normalized spacial score (nSPS) is 31.7. The van der Waals surface area contributed by atoms with Crippen molar-refractivity contribution in [3.63, 3.8) is 0 Å². The highest BCUT2D eigenvalue weighted by molar-refractivity contribution is 5.95. The van der Waals surface area contributed by atoms with Crippen LogP contribution in [0.5, 0.6) is 0 Å². The van der Waals surface area contributed by atoms with Crippen molar-refractivity contribution in [2.45, 2.75) is 121 Å². The summed E-state index contributed by atoms with van der Waals surface area (Å²) in [5, 5.41) is 39.9. The predicted molar refractivity (Wildman–Crippen MR) is 222 cm³/mol. The molecule has 1 amide bonds. The lowest BCUT2D eigenvalue weighted by Crippen LogP contribution is -2.72. The van der Waals surface area contributed by atoms with E-state index in [0.717, 1.165) is 6.92 Å². The molecule has 63 heavy (non-hydrogen) atoms. The van der Waals surface area contributed by atoms with Crippen LogP contribution in [0.15, 0.2) is 102 Å². The largest absolute Gasteiger partial charge is 0.456 e. The summed E-state index contributed by atoms with van der Waals surface area (Å²) in [6, 6.07) is 23.1. The van der Waals surface area contributed by atoms with Gasteiger partial charge in [-0.05, 0) is 47.9 Å². The smallest absolute Gasteiger partial charge is 0.338 e. The molecule has 2 bridgehead atoms. The lowest BCUT2D eigenvalue weighted by Gasteiger charge is -2.59. The Balaban J connectivity index is 1.39. The summed E-state index contributed by atoms with van der Waals surface area (Å²) in [5.74, 6) is -5.03. The van der Waals surface area contributed by atoms with E-state index in [-0.39, 0.29) is 41.7 Å². The fraction of sp³-hybridized carbons (Fsp3) is 0.458. The van der Waals surface area contributed by atoms with Gasteiger partial charge in [0.05, 0.1) is 29.7 Å². The van der Waals surface area contributed by atoms with Gasteiger partial charge in [-0.1, -0.05) is 87.5 Å². The zero-order valence-corrected chi connectivity index (χ0v) is 36.0. The zero-order chi connectivity index (χ0) is 45.7. The van der Waals surface area contributed by atoms with Crippen LogP contribution in [-0.4, -0.2) is 105 Å². The molecule has 5 unspecified atom stereocenters. The molecule has 2 saturated carbocycles. The van der Waals surface area contributed by atoms with Crippen molar-refractivity contribution in [1.29, 1.82) is 0 Å². The Morgan fingerprint density at radius 2 is 1.41 bits per heavy atom. The second-order valence-electron chi connectivity index (χ2n) is 17.8. The van der Waals surface area contributed by atoms with E-state index >= 15 is 0 Å². The first-order chi connectivity index (χ1) is 29.7. The molecule has 3 fully saturated rings. The van der Waals surface area contributed by atoms with Crippen LogP contribution in [0.1, 0.15) is 99.5 Å². The number of benzene rings is 3. The minimum absolute atomic E-state index is 0.000772. The fourth-order valence-electron chi connectivity index (χ4n) is 10.3. The van der Waals surface area contributed by atoms with Gasteiger partial charge in [-0.25, -0.2) is 9.59 Å².